The lowest BCUT2D eigenvalue weighted by Gasteiger charge is -2.11. The van der Waals surface area contributed by atoms with Crippen LogP contribution in [0.3, 0.4) is 0 Å². The van der Waals surface area contributed by atoms with Crippen LogP contribution in [0.25, 0.3) is 5.65 Å². The minimum Gasteiger partial charge on any atom is -0.369 e. The molecule has 0 unspecified atom stereocenters. The van der Waals surface area contributed by atoms with Crippen molar-refractivity contribution in [3.05, 3.63) is 47.9 Å². The molecule has 0 aliphatic rings. The third-order valence-corrected chi connectivity index (χ3v) is 3.22. The highest BCUT2D eigenvalue weighted by atomic mass is 15.1. The van der Waals surface area contributed by atoms with Crippen molar-refractivity contribution in [1.82, 2.24) is 14.4 Å². The van der Waals surface area contributed by atoms with E-state index < -0.39 is 0 Å². The van der Waals surface area contributed by atoms with Gasteiger partial charge in [0.1, 0.15) is 5.82 Å². The highest BCUT2D eigenvalue weighted by Gasteiger charge is 2.08. The zero-order valence-electron chi connectivity index (χ0n) is 12.5. The second-order valence-corrected chi connectivity index (χ2v) is 5.16. The third-order valence-electron chi connectivity index (χ3n) is 3.22. The van der Waals surface area contributed by atoms with E-state index in [1.54, 1.807) is 6.20 Å². The van der Waals surface area contributed by atoms with Gasteiger partial charge in [0, 0.05) is 24.6 Å². The Morgan fingerprint density at radius 2 is 1.90 bits per heavy atom. The molecule has 0 amide bonds. The molecular formula is C16H19N5. The van der Waals surface area contributed by atoms with E-state index in [4.69, 9.17) is 0 Å². The smallest absolute Gasteiger partial charge is 0.180 e. The van der Waals surface area contributed by atoms with Gasteiger partial charge in [-0.3, -0.25) is 0 Å². The monoisotopic (exact) mass is 281 g/mol. The standard InChI is InChI=1S/C16H19N5/c1-4-17-14-10-21-6-5-18-16(21)15(20-14)19-13-8-11(2)7-12(3)9-13/h5-10,17H,4H2,1-3H3,(H,19,20). The van der Waals surface area contributed by atoms with Crippen LogP contribution < -0.4 is 10.6 Å². The third kappa shape index (κ3) is 2.81. The number of hydrogen-bond donors (Lipinski definition) is 2. The van der Waals surface area contributed by atoms with Crippen molar-refractivity contribution in [3.8, 4) is 0 Å². The first-order valence-corrected chi connectivity index (χ1v) is 7.08. The van der Waals surface area contributed by atoms with E-state index in [1.165, 1.54) is 11.1 Å². The molecule has 0 saturated heterocycles. The zero-order valence-corrected chi connectivity index (χ0v) is 12.5. The number of aryl methyl sites for hydroxylation is 2. The zero-order chi connectivity index (χ0) is 14.8. The Morgan fingerprint density at radius 1 is 1.14 bits per heavy atom. The number of nitrogens with zero attached hydrogens (tertiary/aromatic N) is 3. The molecule has 5 nitrogen and oxygen atoms in total. The van der Waals surface area contributed by atoms with Gasteiger partial charge in [0.15, 0.2) is 11.5 Å². The number of imidazole rings is 1. The summed E-state index contributed by atoms with van der Waals surface area (Å²) in [5.41, 5.74) is 4.29. The van der Waals surface area contributed by atoms with Crippen LogP contribution in [0, 0.1) is 13.8 Å². The molecule has 0 aliphatic heterocycles. The number of nitrogens with one attached hydrogen (secondary N) is 2. The number of rotatable bonds is 4. The highest BCUT2D eigenvalue weighted by molar-refractivity contribution is 5.72. The predicted octanol–water partition coefficient (Wildman–Crippen LogP) is 3.52. The maximum Gasteiger partial charge on any atom is 0.180 e. The molecule has 5 heteroatoms. The lowest BCUT2D eigenvalue weighted by Crippen LogP contribution is -2.05. The molecule has 0 atom stereocenters. The Bertz CT molecular complexity index is 755. The summed E-state index contributed by atoms with van der Waals surface area (Å²) < 4.78 is 1.97. The molecule has 2 N–H and O–H groups in total. The molecule has 2 heterocycles. The van der Waals surface area contributed by atoms with Gasteiger partial charge >= 0.3 is 0 Å². The summed E-state index contributed by atoms with van der Waals surface area (Å²) in [5, 5.41) is 6.62. The Morgan fingerprint density at radius 3 is 2.62 bits per heavy atom. The topological polar surface area (TPSA) is 54.2 Å². The number of aromatic nitrogens is 3. The molecule has 2 aromatic heterocycles. The first-order valence-electron chi connectivity index (χ1n) is 7.08. The number of fused-ring (bicyclic) bond motifs is 1. The van der Waals surface area contributed by atoms with Crippen LogP contribution >= 0.6 is 0 Å². The molecular weight excluding hydrogens is 262 g/mol. The van der Waals surface area contributed by atoms with Crippen LogP contribution in [-0.4, -0.2) is 20.9 Å². The highest BCUT2D eigenvalue weighted by Crippen LogP contribution is 2.22. The maximum atomic E-state index is 4.61. The molecule has 0 aliphatic carbocycles. The lowest BCUT2D eigenvalue weighted by molar-refractivity contribution is 1.09. The minimum atomic E-state index is 0.753. The second-order valence-electron chi connectivity index (χ2n) is 5.16. The fraction of sp³-hybridized carbons (Fsp3) is 0.250. The largest absolute Gasteiger partial charge is 0.369 e. The van der Waals surface area contributed by atoms with E-state index in [9.17, 15) is 0 Å². The Hall–Kier alpha value is -2.56. The van der Waals surface area contributed by atoms with Crippen LogP contribution in [-0.2, 0) is 0 Å². The maximum absolute atomic E-state index is 4.61. The summed E-state index contributed by atoms with van der Waals surface area (Å²) in [6.07, 6.45) is 5.64. The van der Waals surface area contributed by atoms with Gasteiger partial charge in [0.25, 0.3) is 0 Å². The van der Waals surface area contributed by atoms with Gasteiger partial charge < -0.3 is 15.0 Å². The Balaban J connectivity index is 2.04. The fourth-order valence-corrected chi connectivity index (χ4v) is 2.47. The SMILES string of the molecule is CCNc1cn2ccnc2c(Nc2cc(C)cc(C)c2)n1. The van der Waals surface area contributed by atoms with E-state index in [-0.39, 0.29) is 0 Å². The summed E-state index contributed by atoms with van der Waals surface area (Å²) >= 11 is 0. The summed E-state index contributed by atoms with van der Waals surface area (Å²) in [7, 11) is 0. The van der Waals surface area contributed by atoms with Crippen molar-refractivity contribution in [2.24, 2.45) is 0 Å². The molecule has 21 heavy (non-hydrogen) atoms. The Labute approximate surface area is 124 Å². The summed E-state index contributed by atoms with van der Waals surface area (Å²) in [5.74, 6) is 1.58. The molecule has 0 saturated carbocycles. The van der Waals surface area contributed by atoms with Crippen LogP contribution in [0.2, 0.25) is 0 Å². The average molecular weight is 281 g/mol. The molecule has 3 rings (SSSR count). The van der Waals surface area contributed by atoms with Gasteiger partial charge in [-0.1, -0.05) is 6.07 Å². The summed E-state index contributed by atoms with van der Waals surface area (Å²) in [6.45, 7) is 7.06. The predicted molar refractivity (Wildman–Crippen MR) is 86.3 cm³/mol. The van der Waals surface area contributed by atoms with Gasteiger partial charge in [-0.15, -0.1) is 0 Å². The van der Waals surface area contributed by atoms with Gasteiger partial charge in [-0.05, 0) is 44.0 Å². The Kier molecular flexibility index (Phi) is 3.48. The normalized spacial score (nSPS) is 10.8. The number of hydrogen-bond acceptors (Lipinski definition) is 4. The van der Waals surface area contributed by atoms with Crippen molar-refractivity contribution in [2.45, 2.75) is 20.8 Å². The molecule has 0 radical (unpaired) electrons. The van der Waals surface area contributed by atoms with Gasteiger partial charge in [0.05, 0.1) is 6.20 Å². The molecule has 0 bridgehead atoms. The van der Waals surface area contributed by atoms with E-state index in [0.29, 0.717) is 0 Å². The number of anilines is 3. The second kappa shape index (κ2) is 5.44. The van der Waals surface area contributed by atoms with E-state index in [1.807, 2.05) is 16.8 Å². The van der Waals surface area contributed by atoms with Crippen LogP contribution in [0.1, 0.15) is 18.1 Å². The number of benzene rings is 1. The average Bonchev–Trinajstić information content (AvgIpc) is 2.86. The van der Waals surface area contributed by atoms with Gasteiger partial charge in [-0.2, -0.15) is 0 Å². The van der Waals surface area contributed by atoms with Crippen LogP contribution in [0.4, 0.5) is 17.3 Å². The first kappa shape index (κ1) is 13.4. The van der Waals surface area contributed by atoms with Crippen molar-refractivity contribution in [1.29, 1.82) is 0 Å². The van der Waals surface area contributed by atoms with Gasteiger partial charge in [0.2, 0.25) is 0 Å². The van der Waals surface area contributed by atoms with Crippen LogP contribution in [0.5, 0.6) is 0 Å². The molecule has 0 spiro atoms. The molecule has 108 valence electrons. The van der Waals surface area contributed by atoms with Crippen LogP contribution in [0.15, 0.2) is 36.8 Å². The first-order chi connectivity index (χ1) is 10.2. The minimum absolute atomic E-state index is 0.753. The summed E-state index contributed by atoms with van der Waals surface area (Å²) in [6, 6.07) is 6.36. The molecule has 0 fully saturated rings. The van der Waals surface area contributed by atoms with Gasteiger partial charge in [-0.25, -0.2) is 9.97 Å². The molecule has 1 aromatic carbocycles. The van der Waals surface area contributed by atoms with E-state index in [0.717, 1.165) is 29.5 Å². The lowest BCUT2D eigenvalue weighted by atomic mass is 10.1. The van der Waals surface area contributed by atoms with Crippen molar-refractivity contribution < 1.29 is 0 Å². The summed E-state index contributed by atoms with van der Waals surface area (Å²) in [4.78, 5) is 8.98. The van der Waals surface area contributed by atoms with E-state index >= 15 is 0 Å². The molecule has 3 aromatic rings. The quantitative estimate of drug-likeness (QED) is 0.768. The van der Waals surface area contributed by atoms with Crippen molar-refractivity contribution in [2.75, 3.05) is 17.2 Å². The van der Waals surface area contributed by atoms with Crippen molar-refractivity contribution in [3.63, 3.8) is 0 Å². The fourth-order valence-electron chi connectivity index (χ4n) is 2.47. The van der Waals surface area contributed by atoms with Crippen molar-refractivity contribution >= 4 is 23.0 Å². The van der Waals surface area contributed by atoms with E-state index in [2.05, 4.69) is 59.6 Å².